The van der Waals surface area contributed by atoms with E-state index in [0.29, 0.717) is 12.1 Å². The third-order valence-corrected chi connectivity index (χ3v) is 7.71. The largest absolute Gasteiger partial charge is 0.352 e. The van der Waals surface area contributed by atoms with E-state index in [1.807, 2.05) is 77.9 Å². The molecule has 0 saturated carbocycles. The lowest BCUT2D eigenvalue weighted by Gasteiger charge is -2.34. The molecule has 1 atom stereocenters. The van der Waals surface area contributed by atoms with E-state index in [9.17, 15) is 18.0 Å². The van der Waals surface area contributed by atoms with Crippen LogP contribution in [0.2, 0.25) is 0 Å². The van der Waals surface area contributed by atoms with Gasteiger partial charge in [0.1, 0.15) is 12.6 Å². The van der Waals surface area contributed by atoms with E-state index in [1.165, 1.54) is 19.0 Å². The molecule has 0 radical (unpaired) electrons. The highest BCUT2D eigenvalue weighted by atomic mass is 32.2. The molecular weight excluding hydrogens is 476 g/mol. The molecule has 2 aromatic carbocycles. The fourth-order valence-electron chi connectivity index (χ4n) is 4.00. The first-order valence-electron chi connectivity index (χ1n) is 12.2. The van der Waals surface area contributed by atoms with Crippen molar-refractivity contribution in [3.63, 3.8) is 0 Å². The lowest BCUT2D eigenvalue weighted by atomic mass is 10.1. The highest BCUT2D eigenvalue weighted by Gasteiger charge is 2.34. The fraction of sp³-hybridized carbons (Fsp3) is 0.481. The summed E-state index contributed by atoms with van der Waals surface area (Å²) in [5, 5.41) is 2.90. The monoisotopic (exact) mass is 516 g/mol. The molecule has 198 valence electrons. The van der Waals surface area contributed by atoms with Crippen LogP contribution in [-0.2, 0) is 26.3 Å². The zero-order chi connectivity index (χ0) is 27.2. The van der Waals surface area contributed by atoms with Crippen LogP contribution in [0.25, 0.3) is 0 Å². The summed E-state index contributed by atoms with van der Waals surface area (Å²) in [6.07, 6.45) is 0.389. The van der Waals surface area contributed by atoms with Gasteiger partial charge in [0, 0.05) is 26.7 Å². The molecule has 0 bridgehead atoms. The molecular formula is C27H40N4O4S. The van der Waals surface area contributed by atoms with E-state index in [2.05, 4.69) is 5.32 Å². The summed E-state index contributed by atoms with van der Waals surface area (Å²) in [6.45, 7) is 11.0. The van der Waals surface area contributed by atoms with Crippen LogP contribution < -0.4 is 9.62 Å². The van der Waals surface area contributed by atoms with Crippen LogP contribution in [-0.4, -0.2) is 62.2 Å². The van der Waals surface area contributed by atoms with Crippen LogP contribution in [0.15, 0.2) is 42.5 Å². The van der Waals surface area contributed by atoms with Crippen molar-refractivity contribution in [1.29, 1.82) is 0 Å². The highest BCUT2D eigenvalue weighted by molar-refractivity contribution is 7.90. The van der Waals surface area contributed by atoms with Gasteiger partial charge in [-0.05, 0) is 63.8 Å². The van der Waals surface area contributed by atoms with Gasteiger partial charge < -0.3 is 10.2 Å². The number of nitrogens with one attached hydrogen (secondary N) is 1. The zero-order valence-corrected chi connectivity index (χ0v) is 23.5. The number of benzene rings is 2. The highest BCUT2D eigenvalue weighted by Crippen LogP contribution is 2.26. The van der Waals surface area contributed by atoms with Crippen molar-refractivity contribution in [2.45, 2.75) is 66.6 Å². The van der Waals surface area contributed by atoms with Crippen molar-refractivity contribution < 1.29 is 18.0 Å². The van der Waals surface area contributed by atoms with E-state index >= 15 is 0 Å². The van der Waals surface area contributed by atoms with E-state index in [4.69, 9.17) is 0 Å². The van der Waals surface area contributed by atoms with Crippen molar-refractivity contribution >= 4 is 27.7 Å². The van der Waals surface area contributed by atoms with Gasteiger partial charge in [0.05, 0.1) is 5.69 Å². The molecule has 0 aromatic heterocycles. The van der Waals surface area contributed by atoms with Crippen LogP contribution in [0.1, 0.15) is 49.4 Å². The average Bonchev–Trinajstić information content (AvgIpc) is 2.78. The summed E-state index contributed by atoms with van der Waals surface area (Å²) in [7, 11) is -1.12. The molecule has 2 aromatic rings. The molecule has 0 heterocycles. The SMILES string of the molecule is CC[C@@H](C(=O)NC(C)C)N(Cc1cccc(C)c1)C(=O)CN(c1cc(C)ccc1C)S(=O)(=O)N(C)C. The Labute approximate surface area is 216 Å². The lowest BCUT2D eigenvalue weighted by Crippen LogP contribution is -2.54. The molecule has 9 heteroatoms. The van der Waals surface area contributed by atoms with Crippen molar-refractivity contribution in [3.05, 3.63) is 64.7 Å². The van der Waals surface area contributed by atoms with Gasteiger partial charge >= 0.3 is 10.2 Å². The maximum absolute atomic E-state index is 13.9. The number of carbonyl (C=O) groups excluding carboxylic acids is 2. The zero-order valence-electron chi connectivity index (χ0n) is 22.7. The Morgan fingerprint density at radius 2 is 1.61 bits per heavy atom. The first-order chi connectivity index (χ1) is 16.8. The predicted molar refractivity (Wildman–Crippen MR) is 145 cm³/mol. The molecule has 0 fully saturated rings. The van der Waals surface area contributed by atoms with Crippen LogP contribution in [0.3, 0.4) is 0 Å². The number of hydrogen-bond donors (Lipinski definition) is 1. The number of hydrogen-bond acceptors (Lipinski definition) is 4. The summed E-state index contributed by atoms with van der Waals surface area (Å²) in [5.74, 6) is -0.712. The molecule has 36 heavy (non-hydrogen) atoms. The summed E-state index contributed by atoms with van der Waals surface area (Å²) in [6, 6.07) is 12.4. The minimum atomic E-state index is -3.99. The number of carbonyl (C=O) groups is 2. The van der Waals surface area contributed by atoms with Crippen molar-refractivity contribution in [2.24, 2.45) is 0 Å². The van der Waals surface area contributed by atoms with Crippen molar-refractivity contribution in [2.75, 3.05) is 24.9 Å². The molecule has 0 saturated heterocycles. The van der Waals surface area contributed by atoms with Gasteiger partial charge in [0.25, 0.3) is 0 Å². The first-order valence-corrected chi connectivity index (χ1v) is 13.6. The third kappa shape index (κ3) is 7.30. The Morgan fingerprint density at radius 1 is 0.972 bits per heavy atom. The third-order valence-electron chi connectivity index (χ3n) is 5.90. The number of aryl methyl sites for hydroxylation is 3. The Morgan fingerprint density at radius 3 is 2.17 bits per heavy atom. The molecule has 2 amide bonds. The summed E-state index contributed by atoms with van der Waals surface area (Å²) >= 11 is 0. The Hall–Kier alpha value is -2.91. The molecule has 0 unspecified atom stereocenters. The smallest absolute Gasteiger partial charge is 0.304 e. The van der Waals surface area contributed by atoms with Crippen LogP contribution >= 0.6 is 0 Å². The predicted octanol–water partition coefficient (Wildman–Crippen LogP) is 3.56. The van der Waals surface area contributed by atoms with Crippen molar-refractivity contribution in [1.82, 2.24) is 14.5 Å². The Bertz CT molecular complexity index is 1180. The average molecular weight is 517 g/mol. The second-order valence-electron chi connectivity index (χ2n) is 9.68. The maximum Gasteiger partial charge on any atom is 0.304 e. The lowest BCUT2D eigenvalue weighted by molar-refractivity contribution is -0.140. The van der Waals surface area contributed by atoms with Gasteiger partial charge in [-0.15, -0.1) is 0 Å². The van der Waals surface area contributed by atoms with Crippen LogP contribution in [0.5, 0.6) is 0 Å². The minimum Gasteiger partial charge on any atom is -0.352 e. The summed E-state index contributed by atoms with van der Waals surface area (Å²) < 4.78 is 29.0. The maximum atomic E-state index is 13.9. The summed E-state index contributed by atoms with van der Waals surface area (Å²) in [5.41, 5.74) is 3.95. The van der Waals surface area contributed by atoms with Crippen LogP contribution in [0.4, 0.5) is 5.69 Å². The minimum absolute atomic E-state index is 0.0944. The number of rotatable bonds is 11. The molecule has 8 nitrogen and oxygen atoms in total. The van der Waals surface area contributed by atoms with Gasteiger partial charge in [-0.25, -0.2) is 4.31 Å². The molecule has 0 aliphatic carbocycles. The topological polar surface area (TPSA) is 90.0 Å². The normalized spacial score (nSPS) is 12.5. The van der Waals surface area contributed by atoms with Gasteiger partial charge in [-0.3, -0.25) is 9.59 Å². The molecule has 0 aliphatic heterocycles. The van der Waals surface area contributed by atoms with Gasteiger partial charge in [-0.1, -0.05) is 48.9 Å². The second kappa shape index (κ2) is 12.4. The van der Waals surface area contributed by atoms with Gasteiger partial charge in [0.15, 0.2) is 0 Å². The Kier molecular flexibility index (Phi) is 10.1. The van der Waals surface area contributed by atoms with Crippen LogP contribution in [0, 0.1) is 20.8 Å². The Balaban J connectivity index is 2.56. The fourth-order valence-corrected chi connectivity index (χ4v) is 5.11. The van der Waals surface area contributed by atoms with E-state index in [1.54, 1.807) is 6.07 Å². The number of amides is 2. The second-order valence-corrected chi connectivity index (χ2v) is 11.8. The van der Waals surface area contributed by atoms with E-state index in [0.717, 1.165) is 30.9 Å². The molecule has 0 aliphatic rings. The van der Waals surface area contributed by atoms with E-state index in [-0.39, 0.29) is 18.5 Å². The molecule has 1 N–H and O–H groups in total. The first kappa shape index (κ1) is 29.3. The number of anilines is 1. The summed E-state index contributed by atoms with van der Waals surface area (Å²) in [4.78, 5) is 28.5. The quantitative estimate of drug-likeness (QED) is 0.495. The molecule has 0 spiro atoms. The number of nitrogens with zero attached hydrogens (tertiary/aromatic N) is 3. The van der Waals surface area contributed by atoms with Gasteiger partial charge in [-0.2, -0.15) is 12.7 Å². The van der Waals surface area contributed by atoms with Gasteiger partial charge in [0.2, 0.25) is 11.8 Å². The molecule has 2 rings (SSSR count). The standard InChI is InChI=1S/C27H40N4O4S/c1-9-24(27(33)28-19(2)3)30(17-23-12-10-11-20(4)15-23)26(32)18-31(36(34,35)29(7)8)25-16-21(5)13-14-22(25)6/h10-16,19,24H,9,17-18H2,1-8H3,(H,28,33)/t24-/m0/s1. The van der Waals surface area contributed by atoms with Crippen molar-refractivity contribution in [3.8, 4) is 0 Å². The van der Waals surface area contributed by atoms with E-state index < -0.39 is 28.7 Å².